The zero-order valence-corrected chi connectivity index (χ0v) is 23.8. The van der Waals surface area contributed by atoms with Crippen LogP contribution in [0, 0.1) is 17.5 Å². The number of nitrogens with zero attached hydrogens (tertiary/aromatic N) is 2. The summed E-state index contributed by atoms with van der Waals surface area (Å²) in [5.41, 5.74) is -0.963. The van der Waals surface area contributed by atoms with Gasteiger partial charge in [0.25, 0.3) is 5.56 Å². The molecule has 1 unspecified atom stereocenters. The van der Waals surface area contributed by atoms with Gasteiger partial charge in [-0.15, -0.1) is 6.58 Å². The van der Waals surface area contributed by atoms with Crippen LogP contribution >= 0.6 is 0 Å². The Balaban J connectivity index is 2.08. The molecule has 0 fully saturated rings. The first kappa shape index (κ1) is 30.1. The lowest BCUT2D eigenvalue weighted by atomic mass is 10.0. The highest BCUT2D eigenvalue weighted by atomic mass is 28.3. The van der Waals surface area contributed by atoms with Gasteiger partial charge in [0.2, 0.25) is 5.91 Å². The monoisotopic (exact) mass is 561 g/mol. The van der Waals surface area contributed by atoms with E-state index in [1.54, 1.807) is 6.92 Å². The van der Waals surface area contributed by atoms with E-state index in [-0.39, 0.29) is 29.6 Å². The van der Waals surface area contributed by atoms with E-state index in [9.17, 15) is 27.6 Å². The third-order valence-corrected chi connectivity index (χ3v) is 8.00. The molecule has 0 bridgehead atoms. The summed E-state index contributed by atoms with van der Waals surface area (Å²) in [6.07, 6.45) is -0.0864. The normalized spacial score (nSPS) is 13.3. The Labute approximate surface area is 225 Å². The molecule has 0 spiro atoms. The topological polar surface area (TPSA) is 82.3 Å². The average molecular weight is 562 g/mol. The van der Waals surface area contributed by atoms with E-state index in [0.29, 0.717) is 18.2 Å². The van der Waals surface area contributed by atoms with Crippen LogP contribution < -0.4 is 16.6 Å². The minimum Gasteiger partial charge on any atom is -0.361 e. The molecular weight excluding hydrogens is 527 g/mol. The predicted molar refractivity (Wildman–Crippen MR) is 148 cm³/mol. The second-order valence-corrected chi connectivity index (χ2v) is 16.6. The van der Waals surface area contributed by atoms with Crippen molar-refractivity contribution in [3.05, 3.63) is 92.4 Å². The Morgan fingerprint density at radius 2 is 1.72 bits per heavy atom. The van der Waals surface area contributed by atoms with Gasteiger partial charge >= 0.3 is 5.69 Å². The number of ether oxygens (including phenoxy) is 1. The Kier molecular flexibility index (Phi) is 9.39. The largest absolute Gasteiger partial charge is 0.361 e. The fraction of sp³-hybridized carbons (Fsp3) is 0.393. The molecule has 0 saturated heterocycles. The standard InChI is InChI=1S/C28H34F3N3O4Si/c1-17(2)13-25(26(35)32-18(3)21-9-7-20(30)15-23(21)31)34-27(36)22-14-19(29)8-10-24(22)33(28(34)37)16-38-11-12-39(4,5)6/h7-10,14-15,18,25H,1,11-13,16H2,2-6H3,(H,32,35)/t18-,25?/m0/s1. The Bertz CT molecular complexity index is 1510. The summed E-state index contributed by atoms with van der Waals surface area (Å²) in [7, 11) is -1.42. The van der Waals surface area contributed by atoms with Crippen molar-refractivity contribution in [1.82, 2.24) is 14.5 Å². The first-order valence-corrected chi connectivity index (χ1v) is 16.3. The number of allylic oxidation sites excluding steroid dienone is 1. The van der Waals surface area contributed by atoms with Crippen molar-refractivity contribution in [3.8, 4) is 0 Å². The molecule has 210 valence electrons. The fourth-order valence-corrected chi connectivity index (χ4v) is 4.93. The number of rotatable bonds is 11. The highest BCUT2D eigenvalue weighted by molar-refractivity contribution is 6.76. The summed E-state index contributed by atoms with van der Waals surface area (Å²) in [6.45, 7) is 13.7. The predicted octanol–water partition coefficient (Wildman–Crippen LogP) is 5.28. The minimum atomic E-state index is -1.42. The number of carbonyl (C=O) groups is 1. The minimum absolute atomic E-state index is 0.0277. The molecule has 2 atom stereocenters. The second-order valence-electron chi connectivity index (χ2n) is 11.0. The summed E-state index contributed by atoms with van der Waals surface area (Å²) in [6, 6.07) is 5.01. The summed E-state index contributed by atoms with van der Waals surface area (Å²) in [4.78, 5) is 40.7. The fourth-order valence-electron chi connectivity index (χ4n) is 4.17. The Morgan fingerprint density at radius 1 is 1.08 bits per heavy atom. The van der Waals surface area contributed by atoms with Crippen LogP contribution in [0.3, 0.4) is 0 Å². The van der Waals surface area contributed by atoms with Crippen molar-refractivity contribution in [2.45, 2.75) is 64.8 Å². The van der Waals surface area contributed by atoms with E-state index in [0.717, 1.165) is 28.8 Å². The molecule has 0 saturated carbocycles. The van der Waals surface area contributed by atoms with Crippen molar-refractivity contribution in [2.24, 2.45) is 0 Å². The lowest BCUT2D eigenvalue weighted by Crippen LogP contribution is -2.47. The number of nitrogens with one attached hydrogen (secondary N) is 1. The number of carbonyl (C=O) groups excluding carboxylic acids is 1. The van der Waals surface area contributed by atoms with Crippen LogP contribution in [-0.2, 0) is 16.3 Å². The van der Waals surface area contributed by atoms with E-state index in [1.165, 1.54) is 23.6 Å². The zero-order valence-electron chi connectivity index (χ0n) is 22.8. The van der Waals surface area contributed by atoms with Crippen molar-refractivity contribution >= 4 is 24.9 Å². The number of aromatic nitrogens is 2. The number of hydrogen-bond acceptors (Lipinski definition) is 4. The molecule has 7 nitrogen and oxygen atoms in total. The average Bonchev–Trinajstić information content (AvgIpc) is 2.82. The van der Waals surface area contributed by atoms with Crippen LogP contribution in [-0.4, -0.2) is 29.7 Å². The van der Waals surface area contributed by atoms with Gasteiger partial charge in [-0.25, -0.2) is 22.5 Å². The molecular formula is C28H34F3N3O4Si. The Hall–Kier alpha value is -3.44. The molecule has 11 heteroatoms. The van der Waals surface area contributed by atoms with E-state index in [1.807, 2.05) is 0 Å². The molecule has 0 aliphatic rings. The molecule has 2 aromatic carbocycles. The second kappa shape index (κ2) is 12.2. The molecule has 39 heavy (non-hydrogen) atoms. The lowest BCUT2D eigenvalue weighted by Gasteiger charge is -2.24. The number of halogens is 3. The number of benzene rings is 2. The van der Waals surface area contributed by atoms with Gasteiger partial charge in [0.1, 0.15) is 30.2 Å². The van der Waals surface area contributed by atoms with Gasteiger partial charge in [-0.05, 0) is 50.6 Å². The summed E-state index contributed by atoms with van der Waals surface area (Å²) < 4.78 is 49.6. The molecule has 1 aromatic heterocycles. The van der Waals surface area contributed by atoms with Gasteiger partial charge in [-0.1, -0.05) is 31.3 Å². The molecule has 1 N–H and O–H groups in total. The van der Waals surface area contributed by atoms with E-state index >= 15 is 0 Å². The zero-order chi connectivity index (χ0) is 29.1. The molecule has 0 aliphatic carbocycles. The van der Waals surface area contributed by atoms with Crippen LogP contribution in [0.4, 0.5) is 13.2 Å². The maximum Gasteiger partial charge on any atom is 0.334 e. The van der Waals surface area contributed by atoms with Gasteiger partial charge in [0.15, 0.2) is 0 Å². The van der Waals surface area contributed by atoms with E-state index in [2.05, 4.69) is 31.5 Å². The number of amides is 1. The summed E-state index contributed by atoms with van der Waals surface area (Å²) in [5, 5.41) is 2.51. The molecule has 1 amide bonds. The maximum atomic E-state index is 14.3. The maximum absolute atomic E-state index is 14.3. The van der Waals surface area contributed by atoms with Gasteiger partial charge in [0, 0.05) is 26.3 Å². The molecule has 0 radical (unpaired) electrons. The first-order valence-electron chi connectivity index (χ1n) is 12.6. The van der Waals surface area contributed by atoms with Gasteiger partial charge < -0.3 is 10.1 Å². The van der Waals surface area contributed by atoms with Crippen LogP contribution in [0.25, 0.3) is 10.9 Å². The summed E-state index contributed by atoms with van der Waals surface area (Å²) >= 11 is 0. The molecule has 3 aromatic rings. The first-order chi connectivity index (χ1) is 18.2. The van der Waals surface area contributed by atoms with Crippen LogP contribution in [0.2, 0.25) is 25.7 Å². The molecule has 0 aliphatic heterocycles. The smallest absolute Gasteiger partial charge is 0.334 e. The quantitative estimate of drug-likeness (QED) is 0.196. The van der Waals surface area contributed by atoms with Crippen molar-refractivity contribution < 1.29 is 22.7 Å². The van der Waals surface area contributed by atoms with Crippen LogP contribution in [0.1, 0.15) is 37.9 Å². The van der Waals surface area contributed by atoms with Crippen LogP contribution in [0.5, 0.6) is 0 Å². The van der Waals surface area contributed by atoms with Crippen LogP contribution in [0.15, 0.2) is 58.1 Å². The summed E-state index contributed by atoms with van der Waals surface area (Å²) in [5.74, 6) is -3.05. The number of hydrogen-bond donors (Lipinski definition) is 1. The number of fused-ring (bicyclic) bond motifs is 1. The van der Waals surface area contributed by atoms with Gasteiger partial charge in [0.05, 0.1) is 16.9 Å². The highest BCUT2D eigenvalue weighted by Gasteiger charge is 2.28. The molecule has 1 heterocycles. The van der Waals surface area contributed by atoms with Crippen molar-refractivity contribution in [1.29, 1.82) is 0 Å². The van der Waals surface area contributed by atoms with Gasteiger partial charge in [-0.2, -0.15) is 0 Å². The van der Waals surface area contributed by atoms with Crippen molar-refractivity contribution in [2.75, 3.05) is 6.61 Å². The Morgan fingerprint density at radius 3 is 2.33 bits per heavy atom. The molecule has 3 rings (SSSR count). The third-order valence-electron chi connectivity index (χ3n) is 6.30. The highest BCUT2D eigenvalue weighted by Crippen LogP contribution is 2.21. The van der Waals surface area contributed by atoms with E-state index in [4.69, 9.17) is 4.74 Å². The van der Waals surface area contributed by atoms with Crippen molar-refractivity contribution in [3.63, 3.8) is 0 Å². The van der Waals surface area contributed by atoms with Gasteiger partial charge in [-0.3, -0.25) is 14.2 Å². The van der Waals surface area contributed by atoms with E-state index < -0.39 is 54.8 Å². The third kappa shape index (κ3) is 7.36. The lowest BCUT2D eigenvalue weighted by molar-refractivity contribution is -0.125. The SMILES string of the molecule is C=C(C)CC(C(=O)N[C@@H](C)c1ccc(F)cc1F)n1c(=O)c2cc(F)ccc2n(COCC[Si](C)(C)C)c1=O.